The summed E-state index contributed by atoms with van der Waals surface area (Å²) >= 11 is 0. The Labute approximate surface area is 98.4 Å². The van der Waals surface area contributed by atoms with Gasteiger partial charge in [0, 0.05) is 11.7 Å². The maximum atomic E-state index is 12.3. The average Bonchev–Trinajstić information content (AvgIpc) is 2.94. The van der Waals surface area contributed by atoms with E-state index in [1.807, 2.05) is 25.1 Å². The Balaban J connectivity index is 2.01. The molecular weight excluding hydrogens is 216 g/mol. The van der Waals surface area contributed by atoms with Crippen LogP contribution in [-0.4, -0.2) is 27.4 Å². The van der Waals surface area contributed by atoms with Crippen molar-refractivity contribution in [3.05, 3.63) is 41.7 Å². The van der Waals surface area contributed by atoms with Gasteiger partial charge < -0.3 is 4.90 Å². The second-order valence-corrected chi connectivity index (χ2v) is 4.21. The van der Waals surface area contributed by atoms with Gasteiger partial charge in [-0.2, -0.15) is 15.4 Å². The van der Waals surface area contributed by atoms with Gasteiger partial charge in [0.05, 0.1) is 6.20 Å². The fourth-order valence-corrected chi connectivity index (χ4v) is 2.30. The second kappa shape index (κ2) is 3.69. The maximum Gasteiger partial charge on any atom is 0.280 e. The Hall–Kier alpha value is -2.17. The molecule has 1 N–H and O–H groups in total. The lowest BCUT2D eigenvalue weighted by Gasteiger charge is -2.21. The van der Waals surface area contributed by atoms with Crippen molar-refractivity contribution in [1.29, 1.82) is 0 Å². The Morgan fingerprint density at radius 3 is 3.06 bits per heavy atom. The lowest BCUT2D eigenvalue weighted by Crippen LogP contribution is -2.35. The van der Waals surface area contributed by atoms with E-state index < -0.39 is 0 Å². The normalized spacial score (nSPS) is 18.2. The van der Waals surface area contributed by atoms with Crippen molar-refractivity contribution in [2.75, 3.05) is 4.90 Å². The number of fused-ring (bicyclic) bond motifs is 1. The van der Waals surface area contributed by atoms with E-state index in [0.29, 0.717) is 5.69 Å². The number of carbonyl (C=O) groups is 1. The van der Waals surface area contributed by atoms with E-state index in [4.69, 9.17) is 0 Å². The van der Waals surface area contributed by atoms with Gasteiger partial charge in [0.25, 0.3) is 5.91 Å². The number of amides is 1. The van der Waals surface area contributed by atoms with Crippen molar-refractivity contribution in [1.82, 2.24) is 15.4 Å². The number of rotatable bonds is 1. The summed E-state index contributed by atoms with van der Waals surface area (Å²) in [5.74, 6) is -0.101. The largest absolute Gasteiger partial charge is 0.304 e. The van der Waals surface area contributed by atoms with Crippen molar-refractivity contribution in [3.8, 4) is 0 Å². The molecule has 0 spiro atoms. The minimum Gasteiger partial charge on any atom is -0.304 e. The lowest BCUT2D eigenvalue weighted by atomic mass is 10.1. The van der Waals surface area contributed by atoms with Crippen LogP contribution < -0.4 is 4.90 Å². The zero-order valence-corrected chi connectivity index (χ0v) is 9.42. The highest BCUT2D eigenvalue weighted by Gasteiger charge is 2.32. The van der Waals surface area contributed by atoms with E-state index in [0.717, 1.165) is 12.1 Å². The molecule has 1 atom stereocenters. The molecule has 1 unspecified atom stereocenters. The van der Waals surface area contributed by atoms with E-state index >= 15 is 0 Å². The number of carbonyl (C=O) groups excluding carboxylic acids is 1. The second-order valence-electron chi connectivity index (χ2n) is 4.21. The Kier molecular flexibility index (Phi) is 2.18. The van der Waals surface area contributed by atoms with Crippen LogP contribution in [0.5, 0.6) is 0 Å². The Morgan fingerprint density at radius 1 is 1.47 bits per heavy atom. The van der Waals surface area contributed by atoms with Crippen LogP contribution in [0.2, 0.25) is 0 Å². The van der Waals surface area contributed by atoms with Gasteiger partial charge >= 0.3 is 0 Å². The van der Waals surface area contributed by atoms with Gasteiger partial charge in [-0.3, -0.25) is 4.79 Å². The first-order valence-corrected chi connectivity index (χ1v) is 5.54. The predicted octanol–water partition coefficient (Wildman–Crippen LogP) is 1.40. The smallest absolute Gasteiger partial charge is 0.280 e. The van der Waals surface area contributed by atoms with Crippen LogP contribution in [0.15, 0.2) is 30.5 Å². The van der Waals surface area contributed by atoms with Crippen molar-refractivity contribution in [2.24, 2.45) is 0 Å². The van der Waals surface area contributed by atoms with Gasteiger partial charge in [0.1, 0.15) is 0 Å². The molecular formula is C12H12N4O. The first-order chi connectivity index (χ1) is 8.27. The number of aromatic amines is 1. The van der Waals surface area contributed by atoms with Crippen molar-refractivity contribution in [2.45, 2.75) is 19.4 Å². The first-order valence-electron chi connectivity index (χ1n) is 5.54. The van der Waals surface area contributed by atoms with Crippen LogP contribution in [0.4, 0.5) is 5.69 Å². The van der Waals surface area contributed by atoms with Gasteiger partial charge in [0.2, 0.25) is 0 Å². The van der Waals surface area contributed by atoms with Crippen LogP contribution in [-0.2, 0) is 6.42 Å². The van der Waals surface area contributed by atoms with Crippen LogP contribution in [0.3, 0.4) is 0 Å². The minimum absolute atomic E-state index is 0.101. The predicted molar refractivity (Wildman–Crippen MR) is 62.8 cm³/mol. The van der Waals surface area contributed by atoms with E-state index in [9.17, 15) is 4.79 Å². The molecule has 3 rings (SSSR count). The number of para-hydroxylation sites is 1. The molecule has 1 aliphatic rings. The Morgan fingerprint density at radius 2 is 2.29 bits per heavy atom. The number of aromatic nitrogens is 3. The standard InChI is InChI=1S/C12H12N4O/c1-8-6-9-4-2-3-5-11(9)16(8)12(17)10-7-13-15-14-10/h2-5,7-8H,6H2,1H3,(H,13,14,15). The molecule has 1 aromatic heterocycles. The molecule has 1 aromatic carbocycles. The highest BCUT2D eigenvalue weighted by Crippen LogP contribution is 2.32. The Bertz CT molecular complexity index is 549. The summed E-state index contributed by atoms with van der Waals surface area (Å²) in [5, 5.41) is 9.98. The third-order valence-electron chi connectivity index (χ3n) is 3.06. The van der Waals surface area contributed by atoms with Crippen LogP contribution >= 0.6 is 0 Å². The van der Waals surface area contributed by atoms with E-state index in [1.54, 1.807) is 4.90 Å². The summed E-state index contributed by atoms with van der Waals surface area (Å²) in [7, 11) is 0. The molecule has 17 heavy (non-hydrogen) atoms. The molecule has 2 heterocycles. The molecule has 0 fully saturated rings. The molecule has 5 heteroatoms. The maximum absolute atomic E-state index is 12.3. The summed E-state index contributed by atoms with van der Waals surface area (Å²) in [5.41, 5.74) is 2.54. The van der Waals surface area contributed by atoms with Gasteiger partial charge in [-0.25, -0.2) is 0 Å². The number of nitrogens with one attached hydrogen (secondary N) is 1. The molecule has 0 saturated carbocycles. The third kappa shape index (κ3) is 1.51. The van der Waals surface area contributed by atoms with E-state index in [-0.39, 0.29) is 11.9 Å². The van der Waals surface area contributed by atoms with Crippen molar-refractivity contribution in [3.63, 3.8) is 0 Å². The van der Waals surface area contributed by atoms with Crippen molar-refractivity contribution < 1.29 is 4.79 Å². The fourth-order valence-electron chi connectivity index (χ4n) is 2.30. The van der Waals surface area contributed by atoms with Crippen LogP contribution in [0.1, 0.15) is 23.0 Å². The quantitative estimate of drug-likeness (QED) is 0.802. The van der Waals surface area contributed by atoms with Crippen molar-refractivity contribution >= 4 is 11.6 Å². The fraction of sp³-hybridized carbons (Fsp3) is 0.250. The summed E-state index contributed by atoms with van der Waals surface area (Å²) in [6, 6.07) is 8.13. The number of hydrogen-bond donors (Lipinski definition) is 1. The molecule has 0 aliphatic carbocycles. The summed E-state index contributed by atoms with van der Waals surface area (Å²) in [4.78, 5) is 14.1. The highest BCUT2D eigenvalue weighted by atomic mass is 16.2. The molecule has 0 radical (unpaired) electrons. The summed E-state index contributed by atoms with van der Waals surface area (Å²) < 4.78 is 0. The van der Waals surface area contributed by atoms with Gasteiger partial charge in [0.15, 0.2) is 5.69 Å². The number of anilines is 1. The molecule has 1 aliphatic heterocycles. The minimum atomic E-state index is -0.101. The topological polar surface area (TPSA) is 61.9 Å². The van der Waals surface area contributed by atoms with E-state index in [1.165, 1.54) is 11.8 Å². The molecule has 0 saturated heterocycles. The highest BCUT2D eigenvalue weighted by molar-refractivity contribution is 6.06. The van der Waals surface area contributed by atoms with Crippen LogP contribution in [0.25, 0.3) is 0 Å². The molecule has 1 amide bonds. The van der Waals surface area contributed by atoms with Gasteiger partial charge in [-0.1, -0.05) is 18.2 Å². The third-order valence-corrected chi connectivity index (χ3v) is 3.06. The number of nitrogens with zero attached hydrogens (tertiary/aromatic N) is 3. The van der Waals surface area contributed by atoms with E-state index in [2.05, 4.69) is 21.5 Å². The van der Waals surface area contributed by atoms with Crippen LogP contribution in [0, 0.1) is 0 Å². The molecule has 2 aromatic rings. The average molecular weight is 228 g/mol. The number of hydrogen-bond acceptors (Lipinski definition) is 3. The zero-order chi connectivity index (χ0) is 11.8. The number of benzene rings is 1. The zero-order valence-electron chi connectivity index (χ0n) is 9.42. The van der Waals surface area contributed by atoms with Gasteiger partial charge in [-0.15, -0.1) is 0 Å². The lowest BCUT2D eigenvalue weighted by molar-refractivity contribution is 0.0976. The SMILES string of the molecule is CC1Cc2ccccc2N1C(=O)c1cn[nH]n1. The molecule has 86 valence electrons. The van der Waals surface area contributed by atoms with Gasteiger partial charge in [-0.05, 0) is 25.0 Å². The molecule has 5 nitrogen and oxygen atoms in total. The first kappa shape index (κ1) is 10.0. The number of H-pyrrole nitrogens is 1. The molecule has 0 bridgehead atoms. The summed E-state index contributed by atoms with van der Waals surface area (Å²) in [6.45, 7) is 2.04. The summed E-state index contributed by atoms with van der Waals surface area (Å²) in [6.07, 6.45) is 2.34. The monoisotopic (exact) mass is 228 g/mol.